The monoisotopic (exact) mass is 460 g/mol. The molecule has 2 heteroatoms. The quantitative estimate of drug-likeness (QED) is 0.254. The number of allylic oxidation sites excluding steroid dienone is 1. The second-order valence-corrected chi connectivity index (χ2v) is 9.85. The zero-order chi connectivity index (χ0) is 24.0. The smallest absolute Gasteiger partial charge is 0.194 e. The van der Waals surface area contributed by atoms with Crippen molar-refractivity contribution in [2.75, 3.05) is 0 Å². The van der Waals surface area contributed by atoms with Crippen LogP contribution in [0.2, 0.25) is 0 Å². The summed E-state index contributed by atoms with van der Waals surface area (Å²) in [6, 6.07) is 32.4. The predicted octanol–water partition coefficient (Wildman–Crippen LogP) is 7.56. The van der Waals surface area contributed by atoms with E-state index in [2.05, 4.69) is 36.4 Å². The molecule has 3 aliphatic rings. The highest BCUT2D eigenvalue weighted by Gasteiger charge is 2.35. The average Bonchev–Trinajstić information content (AvgIpc) is 2.94. The van der Waals surface area contributed by atoms with Gasteiger partial charge in [0, 0.05) is 33.6 Å². The van der Waals surface area contributed by atoms with Gasteiger partial charge in [-0.15, -0.1) is 0 Å². The Morgan fingerprint density at radius 2 is 1.14 bits per heavy atom. The molecule has 8 rings (SSSR count). The fourth-order valence-electron chi connectivity index (χ4n) is 6.64. The lowest BCUT2D eigenvalue weighted by Crippen LogP contribution is -2.23. The van der Waals surface area contributed by atoms with Gasteiger partial charge < -0.3 is 0 Å². The normalized spacial score (nSPS) is 16.8. The van der Waals surface area contributed by atoms with Crippen molar-refractivity contribution in [3.05, 3.63) is 148 Å². The Hall–Kier alpha value is -4.56. The fourth-order valence-corrected chi connectivity index (χ4v) is 6.64. The highest BCUT2D eigenvalue weighted by molar-refractivity contribution is 6.27. The maximum Gasteiger partial charge on any atom is 0.194 e. The predicted molar refractivity (Wildman–Crippen MR) is 143 cm³/mol. The molecule has 0 radical (unpaired) electrons. The molecule has 0 N–H and O–H groups in total. The molecule has 1 atom stereocenters. The molecular formula is C34H20O2. The van der Waals surface area contributed by atoms with Crippen LogP contribution < -0.4 is 0 Å². The van der Waals surface area contributed by atoms with Crippen molar-refractivity contribution < 1.29 is 9.59 Å². The first-order valence-electron chi connectivity index (χ1n) is 12.4. The molecule has 1 unspecified atom stereocenters. The molecular weight excluding hydrogens is 440 g/mol. The van der Waals surface area contributed by atoms with Gasteiger partial charge in [-0.1, -0.05) is 103 Å². The molecule has 2 nitrogen and oxygen atoms in total. The minimum Gasteiger partial charge on any atom is -0.289 e. The summed E-state index contributed by atoms with van der Waals surface area (Å²) in [6.45, 7) is 0. The van der Waals surface area contributed by atoms with Gasteiger partial charge in [-0.2, -0.15) is 0 Å². The summed E-state index contributed by atoms with van der Waals surface area (Å²) < 4.78 is 0. The van der Waals surface area contributed by atoms with Crippen LogP contribution in [-0.2, 0) is 0 Å². The van der Waals surface area contributed by atoms with Gasteiger partial charge in [-0.25, -0.2) is 0 Å². The first-order valence-corrected chi connectivity index (χ1v) is 12.4. The van der Waals surface area contributed by atoms with Crippen molar-refractivity contribution in [1.29, 1.82) is 0 Å². The maximum atomic E-state index is 13.4. The van der Waals surface area contributed by atoms with Crippen LogP contribution in [0.4, 0.5) is 0 Å². The molecule has 0 bridgehead atoms. The molecule has 5 aromatic rings. The van der Waals surface area contributed by atoms with E-state index in [9.17, 15) is 9.59 Å². The van der Waals surface area contributed by atoms with Gasteiger partial charge in [0.05, 0.1) is 0 Å². The van der Waals surface area contributed by atoms with Gasteiger partial charge in [0.15, 0.2) is 11.6 Å². The number of carbonyl (C=O) groups is 2. The standard InChI is InChI=1S/C34H20O2/c35-33-27-9-3-1-7-19(27)25-17-15-21(23-11-5-13-29(33)31(23)25)22-16-18-26-20-8-2-4-10-28(20)34(36)30-14-6-12-24(22)32(26)30/h1-17,26H,18H2. The SMILES string of the molecule is O=C1c2ccccc2C2CC=C(c3ccc4c5c(cccc35)C(=O)c3ccccc3-4)c3cccc1c32. The van der Waals surface area contributed by atoms with Crippen LogP contribution in [-0.4, -0.2) is 11.6 Å². The van der Waals surface area contributed by atoms with Crippen LogP contribution in [0.1, 0.15) is 66.4 Å². The third-order valence-electron chi connectivity index (χ3n) is 8.17. The number of hydrogen-bond acceptors (Lipinski definition) is 2. The number of hydrogen-bond donors (Lipinski definition) is 0. The second-order valence-electron chi connectivity index (χ2n) is 9.85. The number of carbonyl (C=O) groups excluding carboxylic acids is 2. The van der Waals surface area contributed by atoms with Crippen molar-refractivity contribution >= 4 is 27.9 Å². The summed E-state index contributed by atoms with van der Waals surface area (Å²) in [5, 5.41) is 2.10. The van der Waals surface area contributed by atoms with Crippen LogP contribution >= 0.6 is 0 Å². The van der Waals surface area contributed by atoms with Crippen molar-refractivity contribution in [3.8, 4) is 11.1 Å². The summed E-state index contributed by atoms with van der Waals surface area (Å²) >= 11 is 0. The van der Waals surface area contributed by atoms with E-state index in [0.29, 0.717) is 0 Å². The first-order chi connectivity index (χ1) is 17.7. The molecule has 168 valence electrons. The Kier molecular flexibility index (Phi) is 3.83. The van der Waals surface area contributed by atoms with E-state index >= 15 is 0 Å². The summed E-state index contributed by atoms with van der Waals surface area (Å²) in [4.78, 5) is 26.8. The second kappa shape index (κ2) is 6.99. The van der Waals surface area contributed by atoms with E-state index in [0.717, 1.165) is 78.4 Å². The van der Waals surface area contributed by atoms with Gasteiger partial charge in [-0.05, 0) is 50.8 Å². The van der Waals surface area contributed by atoms with Crippen LogP contribution in [0.15, 0.2) is 103 Å². The minimum absolute atomic E-state index is 0.0813. The third-order valence-corrected chi connectivity index (χ3v) is 8.17. The maximum absolute atomic E-state index is 13.4. The fraction of sp³-hybridized carbons (Fsp3) is 0.0588. The van der Waals surface area contributed by atoms with Crippen LogP contribution in [0.3, 0.4) is 0 Å². The number of rotatable bonds is 1. The zero-order valence-electron chi connectivity index (χ0n) is 19.4. The van der Waals surface area contributed by atoms with Crippen molar-refractivity contribution in [2.24, 2.45) is 0 Å². The molecule has 5 aromatic carbocycles. The molecule has 3 aliphatic carbocycles. The van der Waals surface area contributed by atoms with Crippen molar-refractivity contribution in [1.82, 2.24) is 0 Å². The van der Waals surface area contributed by atoms with Crippen LogP contribution in [0.25, 0.3) is 27.5 Å². The largest absolute Gasteiger partial charge is 0.289 e. The lowest BCUT2D eigenvalue weighted by Gasteiger charge is -2.33. The van der Waals surface area contributed by atoms with Gasteiger partial charge in [0.25, 0.3) is 0 Å². The topological polar surface area (TPSA) is 34.1 Å². The van der Waals surface area contributed by atoms with E-state index in [-0.39, 0.29) is 17.5 Å². The van der Waals surface area contributed by atoms with Gasteiger partial charge >= 0.3 is 0 Å². The number of ketones is 2. The molecule has 0 heterocycles. The first kappa shape index (κ1) is 19.7. The van der Waals surface area contributed by atoms with Crippen LogP contribution in [0, 0.1) is 0 Å². The molecule has 36 heavy (non-hydrogen) atoms. The summed E-state index contributed by atoms with van der Waals surface area (Å²) in [7, 11) is 0. The Labute approximate surface area is 208 Å². The summed E-state index contributed by atoms with van der Waals surface area (Å²) in [5.41, 5.74) is 10.9. The van der Waals surface area contributed by atoms with Crippen LogP contribution in [0.5, 0.6) is 0 Å². The lowest BCUT2D eigenvalue weighted by atomic mass is 9.69. The zero-order valence-corrected chi connectivity index (χ0v) is 19.4. The minimum atomic E-state index is 0.0813. The number of fused-ring (bicyclic) bond motifs is 4. The van der Waals surface area contributed by atoms with E-state index in [1.165, 1.54) is 0 Å². The molecule has 0 amide bonds. The Balaban J connectivity index is 1.39. The molecule has 0 aromatic heterocycles. The van der Waals surface area contributed by atoms with Gasteiger partial charge in [0.1, 0.15) is 0 Å². The molecule has 0 saturated heterocycles. The van der Waals surface area contributed by atoms with Crippen molar-refractivity contribution in [3.63, 3.8) is 0 Å². The molecule has 0 fully saturated rings. The average molecular weight is 461 g/mol. The van der Waals surface area contributed by atoms with Crippen molar-refractivity contribution in [2.45, 2.75) is 12.3 Å². The van der Waals surface area contributed by atoms with Gasteiger partial charge in [-0.3, -0.25) is 9.59 Å². The Morgan fingerprint density at radius 3 is 2.03 bits per heavy atom. The Bertz CT molecular complexity index is 1850. The van der Waals surface area contributed by atoms with E-state index < -0.39 is 0 Å². The Morgan fingerprint density at radius 1 is 0.500 bits per heavy atom. The molecule has 0 saturated carbocycles. The summed E-state index contributed by atoms with van der Waals surface area (Å²) in [6.07, 6.45) is 3.17. The highest BCUT2D eigenvalue weighted by atomic mass is 16.1. The van der Waals surface area contributed by atoms with Gasteiger partial charge in [0.2, 0.25) is 0 Å². The summed E-state index contributed by atoms with van der Waals surface area (Å²) in [5.74, 6) is 0.374. The number of benzene rings is 5. The molecule has 0 aliphatic heterocycles. The highest BCUT2D eigenvalue weighted by Crippen LogP contribution is 2.49. The molecule has 0 spiro atoms. The van der Waals surface area contributed by atoms with E-state index in [4.69, 9.17) is 0 Å². The third kappa shape index (κ3) is 2.41. The van der Waals surface area contributed by atoms with E-state index in [1.54, 1.807) is 0 Å². The lowest BCUT2D eigenvalue weighted by molar-refractivity contribution is 0.102. The van der Waals surface area contributed by atoms with E-state index in [1.807, 2.05) is 66.7 Å².